The lowest BCUT2D eigenvalue weighted by Crippen LogP contribution is -2.48. The molecular weight excluding hydrogens is 218 g/mol. The minimum atomic E-state index is -0.465. The molecule has 5 heteroatoms. The van der Waals surface area contributed by atoms with Gasteiger partial charge in [-0.3, -0.25) is 9.59 Å². The van der Waals surface area contributed by atoms with Gasteiger partial charge in [-0.2, -0.15) is 0 Å². The van der Waals surface area contributed by atoms with Gasteiger partial charge in [0.05, 0.1) is 6.54 Å². The van der Waals surface area contributed by atoms with Crippen LogP contribution in [-0.4, -0.2) is 37.0 Å². The van der Waals surface area contributed by atoms with Crippen molar-refractivity contribution in [3.05, 3.63) is 0 Å². The number of carbonyl (C=O) groups excluding carboxylic acids is 2. The first kappa shape index (κ1) is 14.0. The predicted octanol–water partition coefficient (Wildman–Crippen LogP) is 0.159. The topological polar surface area (TPSA) is 70.2 Å². The van der Waals surface area contributed by atoms with Crippen molar-refractivity contribution in [1.29, 1.82) is 0 Å². The summed E-state index contributed by atoms with van der Waals surface area (Å²) in [6.45, 7) is 4.43. The average molecular weight is 241 g/mol. The SMILES string of the molecule is CCNC(=O)C(C)NC(=O)CNC1CCCC1. The number of carbonyl (C=O) groups is 2. The molecule has 98 valence electrons. The van der Waals surface area contributed by atoms with Gasteiger partial charge in [-0.25, -0.2) is 0 Å². The summed E-state index contributed by atoms with van der Waals surface area (Å²) in [6.07, 6.45) is 4.79. The van der Waals surface area contributed by atoms with E-state index in [-0.39, 0.29) is 11.8 Å². The van der Waals surface area contributed by atoms with Crippen LogP contribution < -0.4 is 16.0 Å². The van der Waals surface area contributed by atoms with Crippen LogP contribution in [0.4, 0.5) is 0 Å². The van der Waals surface area contributed by atoms with E-state index < -0.39 is 6.04 Å². The third-order valence-corrected chi connectivity index (χ3v) is 3.03. The lowest BCUT2D eigenvalue weighted by molar-refractivity contribution is -0.128. The van der Waals surface area contributed by atoms with Gasteiger partial charge in [0.25, 0.3) is 0 Å². The second-order valence-electron chi connectivity index (χ2n) is 4.55. The lowest BCUT2D eigenvalue weighted by atomic mass is 10.2. The summed E-state index contributed by atoms with van der Waals surface area (Å²) in [5.41, 5.74) is 0. The van der Waals surface area contributed by atoms with Gasteiger partial charge in [-0.1, -0.05) is 12.8 Å². The van der Waals surface area contributed by atoms with Gasteiger partial charge in [0.1, 0.15) is 6.04 Å². The predicted molar refractivity (Wildman–Crippen MR) is 66.5 cm³/mol. The third kappa shape index (κ3) is 5.17. The van der Waals surface area contributed by atoms with E-state index in [1.807, 2.05) is 6.92 Å². The summed E-state index contributed by atoms with van der Waals surface area (Å²) in [7, 11) is 0. The molecule has 1 fully saturated rings. The molecule has 2 amide bonds. The van der Waals surface area contributed by atoms with Crippen LogP contribution in [0.1, 0.15) is 39.5 Å². The first-order chi connectivity index (χ1) is 8.13. The highest BCUT2D eigenvalue weighted by Crippen LogP contribution is 2.17. The molecule has 0 bridgehead atoms. The Kier molecular flexibility index (Phi) is 5.97. The van der Waals surface area contributed by atoms with Crippen LogP contribution in [0.5, 0.6) is 0 Å². The normalized spacial score (nSPS) is 17.8. The highest BCUT2D eigenvalue weighted by atomic mass is 16.2. The Morgan fingerprint density at radius 1 is 1.29 bits per heavy atom. The summed E-state index contributed by atoms with van der Waals surface area (Å²) in [5, 5.41) is 8.56. The molecule has 0 aliphatic heterocycles. The first-order valence-electron chi connectivity index (χ1n) is 6.44. The van der Waals surface area contributed by atoms with Gasteiger partial charge in [0.2, 0.25) is 11.8 Å². The number of hydrogen-bond acceptors (Lipinski definition) is 3. The van der Waals surface area contributed by atoms with Crippen LogP contribution in [0.2, 0.25) is 0 Å². The van der Waals surface area contributed by atoms with E-state index in [4.69, 9.17) is 0 Å². The van der Waals surface area contributed by atoms with Crippen molar-refractivity contribution in [3.8, 4) is 0 Å². The molecule has 1 rings (SSSR count). The molecule has 0 heterocycles. The average Bonchev–Trinajstić information content (AvgIpc) is 2.79. The Balaban J connectivity index is 2.17. The van der Waals surface area contributed by atoms with E-state index >= 15 is 0 Å². The fourth-order valence-corrected chi connectivity index (χ4v) is 2.05. The van der Waals surface area contributed by atoms with Crippen LogP contribution >= 0.6 is 0 Å². The minimum absolute atomic E-state index is 0.115. The molecule has 3 N–H and O–H groups in total. The van der Waals surface area contributed by atoms with E-state index in [0.29, 0.717) is 19.1 Å². The summed E-state index contributed by atoms with van der Waals surface area (Å²) < 4.78 is 0. The number of amides is 2. The van der Waals surface area contributed by atoms with Crippen molar-refractivity contribution in [2.24, 2.45) is 0 Å². The zero-order valence-corrected chi connectivity index (χ0v) is 10.7. The maximum atomic E-state index is 11.6. The monoisotopic (exact) mass is 241 g/mol. The fraction of sp³-hybridized carbons (Fsp3) is 0.833. The molecule has 5 nitrogen and oxygen atoms in total. The van der Waals surface area contributed by atoms with Crippen molar-refractivity contribution < 1.29 is 9.59 Å². The van der Waals surface area contributed by atoms with Gasteiger partial charge in [-0.15, -0.1) is 0 Å². The molecule has 17 heavy (non-hydrogen) atoms. The highest BCUT2D eigenvalue weighted by molar-refractivity contribution is 5.87. The second-order valence-corrected chi connectivity index (χ2v) is 4.55. The molecule has 0 aromatic carbocycles. The first-order valence-corrected chi connectivity index (χ1v) is 6.44. The van der Waals surface area contributed by atoms with E-state index in [9.17, 15) is 9.59 Å². The highest BCUT2D eigenvalue weighted by Gasteiger charge is 2.17. The molecule has 0 radical (unpaired) electrons. The molecule has 0 spiro atoms. The van der Waals surface area contributed by atoms with Crippen molar-refractivity contribution in [3.63, 3.8) is 0 Å². The zero-order chi connectivity index (χ0) is 12.7. The molecular formula is C12H23N3O2. The molecule has 1 aliphatic carbocycles. The molecule has 1 atom stereocenters. The maximum absolute atomic E-state index is 11.6. The van der Waals surface area contributed by atoms with Crippen molar-refractivity contribution in [2.45, 2.75) is 51.6 Å². The second kappa shape index (κ2) is 7.27. The number of hydrogen-bond donors (Lipinski definition) is 3. The Bertz CT molecular complexity index is 262. The minimum Gasteiger partial charge on any atom is -0.355 e. The van der Waals surface area contributed by atoms with Crippen LogP contribution in [-0.2, 0) is 9.59 Å². The molecule has 0 saturated heterocycles. The van der Waals surface area contributed by atoms with E-state index in [0.717, 1.165) is 12.8 Å². The standard InChI is InChI=1S/C12H23N3O2/c1-3-13-12(17)9(2)15-11(16)8-14-10-6-4-5-7-10/h9-10,14H,3-8H2,1-2H3,(H,13,17)(H,15,16). The number of rotatable bonds is 6. The smallest absolute Gasteiger partial charge is 0.242 e. The molecule has 1 saturated carbocycles. The lowest BCUT2D eigenvalue weighted by Gasteiger charge is -2.15. The van der Waals surface area contributed by atoms with Crippen LogP contribution in [0.3, 0.4) is 0 Å². The van der Waals surface area contributed by atoms with Crippen LogP contribution in [0, 0.1) is 0 Å². The van der Waals surface area contributed by atoms with Crippen LogP contribution in [0.25, 0.3) is 0 Å². The Morgan fingerprint density at radius 3 is 2.53 bits per heavy atom. The Hall–Kier alpha value is -1.10. The zero-order valence-electron chi connectivity index (χ0n) is 10.7. The van der Waals surface area contributed by atoms with Gasteiger partial charge in [0.15, 0.2) is 0 Å². The molecule has 0 aromatic heterocycles. The van der Waals surface area contributed by atoms with Gasteiger partial charge < -0.3 is 16.0 Å². The largest absolute Gasteiger partial charge is 0.355 e. The van der Waals surface area contributed by atoms with Gasteiger partial charge in [-0.05, 0) is 26.7 Å². The maximum Gasteiger partial charge on any atom is 0.242 e. The Morgan fingerprint density at radius 2 is 1.94 bits per heavy atom. The third-order valence-electron chi connectivity index (χ3n) is 3.03. The quantitative estimate of drug-likeness (QED) is 0.620. The van der Waals surface area contributed by atoms with Crippen LogP contribution in [0.15, 0.2) is 0 Å². The summed E-state index contributed by atoms with van der Waals surface area (Å²) in [5.74, 6) is -0.252. The molecule has 0 aromatic rings. The number of nitrogens with one attached hydrogen (secondary N) is 3. The van der Waals surface area contributed by atoms with Crippen molar-refractivity contribution in [1.82, 2.24) is 16.0 Å². The van der Waals surface area contributed by atoms with Crippen molar-refractivity contribution in [2.75, 3.05) is 13.1 Å². The van der Waals surface area contributed by atoms with E-state index in [1.165, 1.54) is 12.8 Å². The van der Waals surface area contributed by atoms with Gasteiger partial charge in [0, 0.05) is 12.6 Å². The summed E-state index contributed by atoms with van der Waals surface area (Å²) in [4.78, 5) is 23.0. The van der Waals surface area contributed by atoms with E-state index in [2.05, 4.69) is 16.0 Å². The molecule has 1 unspecified atom stereocenters. The Labute approximate surface area is 103 Å². The summed E-state index contributed by atoms with van der Waals surface area (Å²) >= 11 is 0. The summed E-state index contributed by atoms with van der Waals surface area (Å²) in [6, 6.07) is 0.00773. The van der Waals surface area contributed by atoms with E-state index in [1.54, 1.807) is 6.92 Å². The number of likely N-dealkylation sites (N-methyl/N-ethyl adjacent to an activating group) is 1. The van der Waals surface area contributed by atoms with Crippen molar-refractivity contribution >= 4 is 11.8 Å². The van der Waals surface area contributed by atoms with Gasteiger partial charge >= 0.3 is 0 Å². The fourth-order valence-electron chi connectivity index (χ4n) is 2.05. The molecule has 1 aliphatic rings.